The summed E-state index contributed by atoms with van der Waals surface area (Å²) >= 11 is 0. The van der Waals surface area contributed by atoms with Crippen LogP contribution in [0.15, 0.2) is 18.2 Å². The van der Waals surface area contributed by atoms with E-state index in [4.69, 9.17) is 4.74 Å². The smallest absolute Gasteiger partial charge is 0.146 e. The molecule has 1 saturated heterocycles. The largest absolute Gasteiger partial charge is 0.389 e. The zero-order chi connectivity index (χ0) is 13.8. The predicted octanol–water partition coefficient (Wildman–Crippen LogP) is 2.88. The van der Waals surface area contributed by atoms with Crippen LogP contribution in [0.25, 0.3) is 0 Å². The lowest BCUT2D eigenvalue weighted by Crippen LogP contribution is -2.33. The lowest BCUT2D eigenvalue weighted by Gasteiger charge is -2.29. The topological polar surface area (TPSA) is 32.7 Å². The summed E-state index contributed by atoms with van der Waals surface area (Å²) in [5.74, 6) is -0.295. The molecule has 1 aliphatic rings. The SMILES string of the molecule is CC(O)c1ccc(N(C)CC2CCCCO2)c(F)c1. The van der Waals surface area contributed by atoms with Crippen LogP contribution in [-0.2, 0) is 4.74 Å². The number of halogens is 1. The molecule has 0 spiro atoms. The van der Waals surface area contributed by atoms with E-state index in [1.807, 2.05) is 11.9 Å². The molecule has 2 unspecified atom stereocenters. The van der Waals surface area contributed by atoms with Gasteiger partial charge in [0.05, 0.1) is 17.9 Å². The molecule has 0 saturated carbocycles. The van der Waals surface area contributed by atoms with Crippen LogP contribution in [0.2, 0.25) is 0 Å². The zero-order valence-corrected chi connectivity index (χ0v) is 11.6. The van der Waals surface area contributed by atoms with Gasteiger partial charge in [-0.15, -0.1) is 0 Å². The van der Waals surface area contributed by atoms with Gasteiger partial charge in [-0.05, 0) is 43.9 Å². The summed E-state index contributed by atoms with van der Waals surface area (Å²) in [5, 5.41) is 9.44. The summed E-state index contributed by atoms with van der Waals surface area (Å²) in [4.78, 5) is 1.89. The standard InChI is InChI=1S/C15H22FNO2/c1-11(18)12-6-7-15(14(16)9-12)17(2)10-13-5-3-4-8-19-13/h6-7,9,11,13,18H,3-5,8,10H2,1-2H3. The molecule has 0 radical (unpaired) electrons. The third-order valence-electron chi connectivity index (χ3n) is 3.62. The fourth-order valence-electron chi connectivity index (χ4n) is 2.45. The Labute approximate surface area is 114 Å². The van der Waals surface area contributed by atoms with E-state index >= 15 is 0 Å². The number of rotatable bonds is 4. The van der Waals surface area contributed by atoms with Crippen LogP contribution in [0, 0.1) is 5.82 Å². The van der Waals surface area contributed by atoms with Gasteiger partial charge in [-0.2, -0.15) is 0 Å². The van der Waals surface area contributed by atoms with Crippen LogP contribution in [0.1, 0.15) is 37.9 Å². The van der Waals surface area contributed by atoms with E-state index in [0.717, 1.165) is 19.4 Å². The average molecular weight is 267 g/mol. The molecular weight excluding hydrogens is 245 g/mol. The molecule has 106 valence electrons. The Balaban J connectivity index is 2.03. The molecule has 1 fully saturated rings. The highest BCUT2D eigenvalue weighted by molar-refractivity contribution is 5.48. The Kier molecular flexibility index (Phi) is 4.77. The number of hydrogen-bond donors (Lipinski definition) is 1. The summed E-state index contributed by atoms with van der Waals surface area (Å²) in [6.45, 7) is 3.14. The molecule has 0 aromatic heterocycles. The van der Waals surface area contributed by atoms with E-state index in [1.165, 1.54) is 12.5 Å². The van der Waals surface area contributed by atoms with Crippen molar-refractivity contribution in [2.75, 3.05) is 25.1 Å². The fourth-order valence-corrected chi connectivity index (χ4v) is 2.45. The maximum atomic E-state index is 14.0. The van der Waals surface area contributed by atoms with Gasteiger partial charge in [-0.25, -0.2) is 4.39 Å². The second-order valence-corrected chi connectivity index (χ2v) is 5.26. The van der Waals surface area contributed by atoms with Crippen LogP contribution in [0.4, 0.5) is 10.1 Å². The van der Waals surface area contributed by atoms with Gasteiger partial charge in [-0.1, -0.05) is 6.07 Å². The predicted molar refractivity (Wildman–Crippen MR) is 73.9 cm³/mol. The number of aliphatic hydroxyl groups excluding tert-OH is 1. The summed E-state index contributed by atoms with van der Waals surface area (Å²) in [7, 11) is 1.87. The maximum Gasteiger partial charge on any atom is 0.146 e. The summed E-state index contributed by atoms with van der Waals surface area (Å²) in [6.07, 6.45) is 2.89. The van der Waals surface area contributed by atoms with Crippen molar-refractivity contribution in [1.29, 1.82) is 0 Å². The Hall–Kier alpha value is -1.13. The summed E-state index contributed by atoms with van der Waals surface area (Å²) < 4.78 is 19.7. The van der Waals surface area contributed by atoms with E-state index in [9.17, 15) is 9.50 Å². The number of benzene rings is 1. The van der Waals surface area contributed by atoms with Crippen molar-refractivity contribution in [1.82, 2.24) is 0 Å². The first-order chi connectivity index (χ1) is 9.08. The molecular formula is C15H22FNO2. The van der Waals surface area contributed by atoms with Crippen molar-refractivity contribution >= 4 is 5.69 Å². The fraction of sp³-hybridized carbons (Fsp3) is 0.600. The molecule has 2 rings (SSSR count). The third-order valence-corrected chi connectivity index (χ3v) is 3.62. The molecule has 1 heterocycles. The van der Waals surface area contributed by atoms with E-state index in [1.54, 1.807) is 19.1 Å². The van der Waals surface area contributed by atoms with Gasteiger partial charge in [0.25, 0.3) is 0 Å². The Morgan fingerprint density at radius 2 is 2.26 bits per heavy atom. The number of aliphatic hydroxyl groups is 1. The van der Waals surface area contributed by atoms with E-state index in [2.05, 4.69) is 0 Å². The summed E-state index contributed by atoms with van der Waals surface area (Å²) in [6, 6.07) is 4.89. The highest BCUT2D eigenvalue weighted by atomic mass is 19.1. The monoisotopic (exact) mass is 267 g/mol. The van der Waals surface area contributed by atoms with E-state index < -0.39 is 6.10 Å². The van der Waals surface area contributed by atoms with E-state index in [0.29, 0.717) is 17.8 Å². The lowest BCUT2D eigenvalue weighted by molar-refractivity contribution is 0.0215. The number of nitrogens with zero attached hydrogens (tertiary/aromatic N) is 1. The Morgan fingerprint density at radius 1 is 1.47 bits per heavy atom. The second kappa shape index (κ2) is 6.35. The minimum atomic E-state index is -0.643. The highest BCUT2D eigenvalue weighted by Gasteiger charge is 2.18. The third kappa shape index (κ3) is 3.67. The van der Waals surface area contributed by atoms with E-state index in [-0.39, 0.29) is 11.9 Å². The molecule has 0 amide bonds. The summed E-state index contributed by atoms with van der Waals surface area (Å²) in [5.41, 5.74) is 1.15. The maximum absolute atomic E-state index is 14.0. The van der Waals surface area contributed by atoms with Crippen molar-refractivity contribution in [2.45, 2.75) is 38.4 Å². The van der Waals surface area contributed by atoms with Crippen molar-refractivity contribution in [3.8, 4) is 0 Å². The van der Waals surface area contributed by atoms with Gasteiger partial charge in [0.15, 0.2) is 0 Å². The second-order valence-electron chi connectivity index (χ2n) is 5.26. The molecule has 1 aromatic rings. The van der Waals surface area contributed by atoms with Gasteiger partial charge in [0.2, 0.25) is 0 Å². The lowest BCUT2D eigenvalue weighted by atomic mass is 10.1. The molecule has 1 aromatic carbocycles. The highest BCUT2D eigenvalue weighted by Crippen LogP contribution is 2.24. The van der Waals surface area contributed by atoms with Crippen LogP contribution in [-0.4, -0.2) is 31.4 Å². The zero-order valence-electron chi connectivity index (χ0n) is 11.6. The first-order valence-electron chi connectivity index (χ1n) is 6.88. The normalized spacial score (nSPS) is 21.2. The van der Waals surface area contributed by atoms with Gasteiger partial charge in [0, 0.05) is 20.2 Å². The van der Waals surface area contributed by atoms with Crippen LogP contribution < -0.4 is 4.90 Å². The van der Waals surface area contributed by atoms with Crippen molar-refractivity contribution in [3.05, 3.63) is 29.6 Å². The molecule has 0 bridgehead atoms. The number of hydrogen-bond acceptors (Lipinski definition) is 3. The minimum absolute atomic E-state index is 0.189. The minimum Gasteiger partial charge on any atom is -0.389 e. The quantitative estimate of drug-likeness (QED) is 0.910. The molecule has 1 N–H and O–H groups in total. The van der Waals surface area contributed by atoms with Crippen LogP contribution in [0.3, 0.4) is 0 Å². The van der Waals surface area contributed by atoms with Gasteiger partial charge >= 0.3 is 0 Å². The molecule has 3 nitrogen and oxygen atoms in total. The molecule has 4 heteroatoms. The van der Waals surface area contributed by atoms with Crippen molar-refractivity contribution < 1.29 is 14.2 Å². The van der Waals surface area contributed by atoms with Crippen molar-refractivity contribution in [3.63, 3.8) is 0 Å². The Morgan fingerprint density at radius 3 is 2.84 bits per heavy atom. The average Bonchev–Trinajstić information content (AvgIpc) is 2.39. The first-order valence-corrected chi connectivity index (χ1v) is 6.88. The molecule has 1 aliphatic heterocycles. The number of anilines is 1. The molecule has 19 heavy (non-hydrogen) atoms. The van der Waals surface area contributed by atoms with Gasteiger partial charge in [-0.3, -0.25) is 0 Å². The van der Waals surface area contributed by atoms with Gasteiger partial charge < -0.3 is 14.7 Å². The first kappa shape index (κ1) is 14.3. The molecule has 0 aliphatic carbocycles. The van der Waals surface area contributed by atoms with Crippen molar-refractivity contribution in [2.24, 2.45) is 0 Å². The number of ether oxygens (including phenoxy) is 1. The Bertz CT molecular complexity index is 417. The molecule has 2 atom stereocenters. The van der Waals surface area contributed by atoms with Crippen LogP contribution in [0.5, 0.6) is 0 Å². The van der Waals surface area contributed by atoms with Gasteiger partial charge in [0.1, 0.15) is 5.82 Å². The van der Waals surface area contributed by atoms with Crippen LogP contribution >= 0.6 is 0 Å². The number of likely N-dealkylation sites (N-methyl/N-ethyl adjacent to an activating group) is 1.